The molecule has 0 saturated carbocycles. The lowest BCUT2D eigenvalue weighted by atomic mass is 10.1. The molecule has 0 radical (unpaired) electrons. The smallest absolute Gasteiger partial charge is 0.274 e. The van der Waals surface area contributed by atoms with Gasteiger partial charge in [0.25, 0.3) is 5.69 Å². The summed E-state index contributed by atoms with van der Waals surface area (Å²) in [6, 6.07) is 12.2. The van der Waals surface area contributed by atoms with Crippen molar-refractivity contribution in [1.82, 2.24) is 0 Å². The van der Waals surface area contributed by atoms with Crippen LogP contribution in [-0.2, 0) is 0 Å². The topological polar surface area (TPSA) is 55.2 Å². The van der Waals surface area contributed by atoms with Gasteiger partial charge in [-0.25, -0.2) is 4.39 Å². The molecule has 0 aromatic heterocycles. The molecule has 98 valence electrons. The Hall–Kier alpha value is -2.43. The molecule has 19 heavy (non-hydrogen) atoms. The maximum atomic E-state index is 13.1. The summed E-state index contributed by atoms with van der Waals surface area (Å²) in [5.41, 5.74) is 1.21. The first kappa shape index (κ1) is 13.0. The van der Waals surface area contributed by atoms with E-state index in [9.17, 15) is 14.5 Å². The van der Waals surface area contributed by atoms with Crippen LogP contribution in [0.15, 0.2) is 48.5 Å². The maximum Gasteiger partial charge on any atom is 0.274 e. The van der Waals surface area contributed by atoms with E-state index in [0.717, 1.165) is 0 Å². The number of anilines is 1. The van der Waals surface area contributed by atoms with Crippen molar-refractivity contribution in [3.8, 4) is 0 Å². The van der Waals surface area contributed by atoms with E-state index < -0.39 is 4.92 Å². The second-order valence-electron chi connectivity index (χ2n) is 4.19. The second kappa shape index (κ2) is 5.48. The van der Waals surface area contributed by atoms with Crippen LogP contribution in [0.3, 0.4) is 0 Å². The number of para-hydroxylation sites is 1. The molecule has 0 bridgehead atoms. The summed E-state index contributed by atoms with van der Waals surface area (Å²) in [5.74, 6) is -0.347. The van der Waals surface area contributed by atoms with E-state index >= 15 is 0 Å². The fraction of sp³-hybridized carbons (Fsp3) is 0.143. The zero-order chi connectivity index (χ0) is 13.8. The first-order valence-corrected chi connectivity index (χ1v) is 5.83. The Morgan fingerprint density at radius 2 is 1.95 bits per heavy atom. The van der Waals surface area contributed by atoms with Crippen molar-refractivity contribution in [3.63, 3.8) is 0 Å². The van der Waals surface area contributed by atoms with Crippen molar-refractivity contribution >= 4 is 11.4 Å². The lowest BCUT2D eigenvalue weighted by Crippen LogP contribution is -2.09. The number of halogens is 1. The Labute approximate surface area is 110 Å². The first-order chi connectivity index (χ1) is 9.08. The fourth-order valence-corrected chi connectivity index (χ4v) is 1.93. The summed E-state index contributed by atoms with van der Waals surface area (Å²) in [5, 5.41) is 14.0. The van der Waals surface area contributed by atoms with Gasteiger partial charge in [0.1, 0.15) is 5.82 Å². The third kappa shape index (κ3) is 3.07. The Bertz CT molecular complexity index is 602. The van der Waals surface area contributed by atoms with Crippen LogP contribution in [0, 0.1) is 15.9 Å². The van der Waals surface area contributed by atoms with Gasteiger partial charge in [-0.3, -0.25) is 10.1 Å². The molecule has 1 unspecified atom stereocenters. The van der Waals surface area contributed by atoms with Gasteiger partial charge >= 0.3 is 0 Å². The number of hydrogen-bond acceptors (Lipinski definition) is 3. The van der Waals surface area contributed by atoms with Crippen LogP contribution in [0.2, 0.25) is 0 Å². The van der Waals surface area contributed by atoms with E-state index in [1.54, 1.807) is 37.3 Å². The minimum Gasteiger partial charge on any atom is -0.378 e. The Kier molecular flexibility index (Phi) is 3.75. The van der Waals surface area contributed by atoms with Gasteiger partial charge in [0, 0.05) is 11.8 Å². The van der Waals surface area contributed by atoms with Crippen LogP contribution in [0.25, 0.3) is 0 Å². The number of nitro groups is 1. The number of rotatable bonds is 4. The van der Waals surface area contributed by atoms with Gasteiger partial charge in [0.15, 0.2) is 0 Å². The summed E-state index contributed by atoms with van der Waals surface area (Å²) in [6.45, 7) is 1.80. The van der Waals surface area contributed by atoms with E-state index in [1.807, 2.05) is 0 Å². The number of nitrogens with zero attached hydrogens (tertiary/aromatic N) is 1. The van der Waals surface area contributed by atoms with Gasteiger partial charge in [0.2, 0.25) is 0 Å². The van der Waals surface area contributed by atoms with Gasteiger partial charge in [-0.2, -0.15) is 0 Å². The zero-order valence-electron chi connectivity index (χ0n) is 10.3. The Balaban J connectivity index is 2.25. The Morgan fingerprint density at radius 1 is 1.21 bits per heavy atom. The van der Waals surface area contributed by atoms with Crippen molar-refractivity contribution in [2.24, 2.45) is 0 Å². The molecular formula is C14H13FN2O2. The lowest BCUT2D eigenvalue weighted by Gasteiger charge is -2.15. The molecule has 1 atom stereocenters. The molecule has 0 aliphatic rings. The third-order valence-electron chi connectivity index (χ3n) is 2.81. The van der Waals surface area contributed by atoms with Gasteiger partial charge in [-0.05, 0) is 25.1 Å². The molecule has 0 fully saturated rings. The highest BCUT2D eigenvalue weighted by molar-refractivity contribution is 5.49. The molecule has 0 spiro atoms. The number of hydrogen-bond donors (Lipinski definition) is 1. The largest absolute Gasteiger partial charge is 0.378 e. The normalized spacial score (nSPS) is 11.9. The minimum absolute atomic E-state index is 0.0545. The summed E-state index contributed by atoms with van der Waals surface area (Å²) < 4.78 is 13.1. The van der Waals surface area contributed by atoms with Gasteiger partial charge in [-0.1, -0.05) is 24.3 Å². The highest BCUT2D eigenvalue weighted by Gasteiger charge is 2.17. The maximum absolute atomic E-state index is 13.1. The lowest BCUT2D eigenvalue weighted by molar-refractivity contribution is -0.385. The molecule has 2 aromatic carbocycles. The van der Waals surface area contributed by atoms with Crippen LogP contribution in [0.4, 0.5) is 15.8 Å². The van der Waals surface area contributed by atoms with Crippen molar-refractivity contribution < 1.29 is 9.31 Å². The predicted octanol–water partition coefficient (Wildman–Crippen LogP) is 3.91. The summed E-state index contributed by atoms with van der Waals surface area (Å²) >= 11 is 0. The SMILES string of the molecule is CC(Nc1cccc(F)c1)c1ccccc1[N+](=O)[O-]. The number of nitro benzene ring substituents is 1. The highest BCUT2D eigenvalue weighted by atomic mass is 19.1. The Morgan fingerprint density at radius 3 is 2.63 bits per heavy atom. The van der Waals surface area contributed by atoms with E-state index in [-0.39, 0.29) is 17.5 Å². The second-order valence-corrected chi connectivity index (χ2v) is 4.19. The molecule has 1 N–H and O–H groups in total. The van der Waals surface area contributed by atoms with Crippen LogP contribution in [-0.4, -0.2) is 4.92 Å². The van der Waals surface area contributed by atoms with Gasteiger partial charge < -0.3 is 5.32 Å². The van der Waals surface area contributed by atoms with Crippen LogP contribution in [0.5, 0.6) is 0 Å². The highest BCUT2D eigenvalue weighted by Crippen LogP contribution is 2.27. The third-order valence-corrected chi connectivity index (χ3v) is 2.81. The van der Waals surface area contributed by atoms with Crippen LogP contribution < -0.4 is 5.32 Å². The van der Waals surface area contributed by atoms with E-state index in [1.165, 1.54) is 18.2 Å². The van der Waals surface area contributed by atoms with Gasteiger partial charge in [-0.15, -0.1) is 0 Å². The minimum atomic E-state index is -0.418. The summed E-state index contributed by atoms with van der Waals surface area (Å²) in [6.07, 6.45) is 0. The number of benzene rings is 2. The quantitative estimate of drug-likeness (QED) is 0.669. The van der Waals surface area contributed by atoms with Crippen molar-refractivity contribution in [1.29, 1.82) is 0 Å². The standard InChI is InChI=1S/C14H13FN2O2/c1-10(16-12-6-4-5-11(15)9-12)13-7-2-3-8-14(13)17(18)19/h2-10,16H,1H3. The predicted molar refractivity (Wildman–Crippen MR) is 71.5 cm³/mol. The molecule has 5 heteroatoms. The molecule has 2 aromatic rings. The van der Waals surface area contributed by atoms with Crippen molar-refractivity contribution in [2.75, 3.05) is 5.32 Å². The molecule has 2 rings (SSSR count). The molecule has 0 aliphatic carbocycles. The first-order valence-electron chi connectivity index (χ1n) is 5.83. The summed E-state index contributed by atoms with van der Waals surface area (Å²) in [4.78, 5) is 10.5. The fourth-order valence-electron chi connectivity index (χ4n) is 1.93. The number of nitrogens with one attached hydrogen (secondary N) is 1. The molecule has 0 saturated heterocycles. The van der Waals surface area contributed by atoms with Crippen molar-refractivity contribution in [2.45, 2.75) is 13.0 Å². The zero-order valence-corrected chi connectivity index (χ0v) is 10.3. The van der Waals surface area contributed by atoms with Gasteiger partial charge in [0.05, 0.1) is 16.5 Å². The summed E-state index contributed by atoms with van der Waals surface area (Å²) in [7, 11) is 0. The van der Waals surface area contributed by atoms with Crippen molar-refractivity contribution in [3.05, 3.63) is 70.0 Å². The molecule has 0 aliphatic heterocycles. The van der Waals surface area contributed by atoms with E-state index in [0.29, 0.717) is 11.3 Å². The molecule has 4 nitrogen and oxygen atoms in total. The van der Waals surface area contributed by atoms with E-state index in [2.05, 4.69) is 5.32 Å². The molecular weight excluding hydrogens is 247 g/mol. The molecule has 0 amide bonds. The average molecular weight is 260 g/mol. The van der Waals surface area contributed by atoms with E-state index in [4.69, 9.17) is 0 Å². The monoisotopic (exact) mass is 260 g/mol. The molecule has 0 heterocycles. The average Bonchev–Trinajstić information content (AvgIpc) is 2.38. The van der Waals surface area contributed by atoms with Crippen LogP contribution in [0.1, 0.15) is 18.5 Å². The van der Waals surface area contributed by atoms with Crippen LogP contribution >= 0.6 is 0 Å².